The van der Waals surface area contributed by atoms with Crippen LogP contribution in [-0.4, -0.2) is 23.2 Å². The molecule has 5 rings (SSSR count). The number of anilines is 1. The third-order valence-electron chi connectivity index (χ3n) is 6.26. The first-order valence-corrected chi connectivity index (χ1v) is 9.48. The molecule has 1 saturated heterocycles. The van der Waals surface area contributed by atoms with Crippen molar-refractivity contribution in [2.45, 2.75) is 44.2 Å². The summed E-state index contributed by atoms with van der Waals surface area (Å²) in [6.45, 7) is 7.24. The van der Waals surface area contributed by atoms with Crippen molar-refractivity contribution in [3.05, 3.63) is 60.0 Å². The van der Waals surface area contributed by atoms with Gasteiger partial charge in [-0.05, 0) is 55.7 Å². The third kappa shape index (κ3) is 2.32. The van der Waals surface area contributed by atoms with E-state index in [2.05, 4.69) is 31.1 Å². The zero-order valence-electron chi connectivity index (χ0n) is 15.8. The van der Waals surface area contributed by atoms with Crippen LogP contribution in [0.1, 0.15) is 32.8 Å². The average Bonchev–Trinajstić information content (AvgIpc) is 3.05. The fourth-order valence-corrected chi connectivity index (χ4v) is 5.09. The Hall–Kier alpha value is -2.46. The highest BCUT2D eigenvalue weighted by atomic mass is 19.1. The zero-order valence-corrected chi connectivity index (χ0v) is 15.8. The van der Waals surface area contributed by atoms with E-state index in [4.69, 9.17) is 4.74 Å². The van der Waals surface area contributed by atoms with Gasteiger partial charge in [-0.2, -0.15) is 0 Å². The maximum atomic E-state index is 15.2. The Morgan fingerprint density at radius 1 is 1.11 bits per heavy atom. The van der Waals surface area contributed by atoms with Crippen LogP contribution in [0.3, 0.4) is 0 Å². The van der Waals surface area contributed by atoms with E-state index in [1.54, 1.807) is 12.3 Å². The van der Waals surface area contributed by atoms with E-state index in [0.29, 0.717) is 5.56 Å². The van der Waals surface area contributed by atoms with Gasteiger partial charge in [0.1, 0.15) is 5.82 Å². The summed E-state index contributed by atoms with van der Waals surface area (Å²) >= 11 is 0. The van der Waals surface area contributed by atoms with E-state index < -0.39 is 0 Å². The van der Waals surface area contributed by atoms with Gasteiger partial charge in [-0.15, -0.1) is 0 Å². The number of halogens is 1. The smallest absolute Gasteiger partial charge is 0.133 e. The largest absolute Gasteiger partial charge is 0.377 e. The van der Waals surface area contributed by atoms with Crippen molar-refractivity contribution in [1.82, 2.24) is 4.98 Å². The average molecular weight is 362 g/mol. The second-order valence-electron chi connectivity index (χ2n) is 8.52. The van der Waals surface area contributed by atoms with Gasteiger partial charge in [0.2, 0.25) is 0 Å². The van der Waals surface area contributed by atoms with Crippen LogP contribution in [0.25, 0.3) is 22.0 Å². The van der Waals surface area contributed by atoms with Crippen molar-refractivity contribution in [1.29, 1.82) is 0 Å². The molecule has 1 fully saturated rings. The Balaban J connectivity index is 1.76. The molecule has 2 aromatic carbocycles. The SMILES string of the molecule is CC1(C)Nc2cc(F)c(-c3cccc4ncccc34)cc2C2(C)CCOC12. The maximum absolute atomic E-state index is 15.2. The number of pyridine rings is 1. The number of hydrogen-bond acceptors (Lipinski definition) is 3. The molecule has 3 nitrogen and oxygen atoms in total. The number of fused-ring (bicyclic) bond motifs is 4. The predicted molar refractivity (Wildman–Crippen MR) is 107 cm³/mol. The van der Waals surface area contributed by atoms with Crippen molar-refractivity contribution in [2.75, 3.05) is 11.9 Å². The molecule has 0 radical (unpaired) electrons. The highest BCUT2D eigenvalue weighted by molar-refractivity contribution is 5.95. The molecule has 0 bridgehead atoms. The molecule has 0 saturated carbocycles. The lowest BCUT2D eigenvalue weighted by molar-refractivity contribution is 0.0352. The van der Waals surface area contributed by atoms with E-state index in [1.165, 1.54) is 0 Å². The molecule has 0 amide bonds. The fourth-order valence-electron chi connectivity index (χ4n) is 5.09. The number of nitrogens with one attached hydrogen (secondary N) is 1. The first-order chi connectivity index (χ1) is 12.9. The number of nitrogens with zero attached hydrogens (tertiary/aromatic N) is 1. The summed E-state index contributed by atoms with van der Waals surface area (Å²) in [6, 6.07) is 13.4. The van der Waals surface area contributed by atoms with Gasteiger partial charge >= 0.3 is 0 Å². The van der Waals surface area contributed by atoms with Crippen molar-refractivity contribution < 1.29 is 9.13 Å². The molecule has 138 valence electrons. The molecule has 2 unspecified atom stereocenters. The number of aromatic nitrogens is 1. The van der Waals surface area contributed by atoms with Crippen LogP contribution in [0, 0.1) is 5.82 Å². The predicted octanol–water partition coefficient (Wildman–Crippen LogP) is 5.29. The van der Waals surface area contributed by atoms with Gasteiger partial charge in [-0.25, -0.2) is 4.39 Å². The first kappa shape index (κ1) is 16.7. The van der Waals surface area contributed by atoms with Crippen LogP contribution in [0.2, 0.25) is 0 Å². The number of benzene rings is 2. The summed E-state index contributed by atoms with van der Waals surface area (Å²) in [5, 5.41) is 4.48. The van der Waals surface area contributed by atoms with E-state index in [9.17, 15) is 0 Å². The van der Waals surface area contributed by atoms with Crippen molar-refractivity contribution in [3.8, 4) is 11.1 Å². The second kappa shape index (κ2) is 5.52. The number of hydrogen-bond donors (Lipinski definition) is 1. The molecule has 1 N–H and O–H groups in total. The standard InChI is InChI=1S/C23H23FN2O/c1-22(2)21-23(3,9-11-27-21)17-12-16(18(24)13-20(17)26-22)14-6-4-8-19-15(14)7-5-10-25-19/h4-8,10,12-13,21,26H,9,11H2,1-3H3. The van der Waals surface area contributed by atoms with Crippen LogP contribution < -0.4 is 5.32 Å². The minimum atomic E-state index is -0.241. The van der Waals surface area contributed by atoms with Crippen molar-refractivity contribution in [3.63, 3.8) is 0 Å². The highest BCUT2D eigenvalue weighted by Crippen LogP contribution is 2.51. The van der Waals surface area contributed by atoms with Gasteiger partial charge in [-0.1, -0.05) is 25.1 Å². The molecule has 2 atom stereocenters. The molecule has 0 spiro atoms. The molecule has 0 aliphatic carbocycles. The van der Waals surface area contributed by atoms with E-state index in [0.717, 1.165) is 40.7 Å². The Labute approximate surface area is 158 Å². The second-order valence-corrected chi connectivity index (χ2v) is 8.52. The normalized spacial score (nSPS) is 25.7. The van der Waals surface area contributed by atoms with Gasteiger partial charge in [0, 0.05) is 34.9 Å². The maximum Gasteiger partial charge on any atom is 0.133 e. The third-order valence-corrected chi connectivity index (χ3v) is 6.26. The van der Waals surface area contributed by atoms with Crippen LogP contribution in [0.4, 0.5) is 10.1 Å². The zero-order chi connectivity index (χ0) is 18.8. The lowest BCUT2D eigenvalue weighted by atomic mass is 9.66. The van der Waals surface area contributed by atoms with Gasteiger partial charge in [0.25, 0.3) is 0 Å². The fraction of sp³-hybridized carbons (Fsp3) is 0.348. The van der Waals surface area contributed by atoms with Crippen LogP contribution in [0.15, 0.2) is 48.7 Å². The Bertz CT molecular complexity index is 1060. The van der Waals surface area contributed by atoms with Crippen molar-refractivity contribution in [2.24, 2.45) is 0 Å². The van der Waals surface area contributed by atoms with Gasteiger partial charge < -0.3 is 10.1 Å². The lowest BCUT2D eigenvalue weighted by Crippen LogP contribution is -2.56. The first-order valence-electron chi connectivity index (χ1n) is 9.48. The monoisotopic (exact) mass is 362 g/mol. The number of rotatable bonds is 1. The van der Waals surface area contributed by atoms with Gasteiger partial charge in [0.15, 0.2) is 0 Å². The summed E-state index contributed by atoms with van der Waals surface area (Å²) in [6.07, 6.45) is 2.77. The lowest BCUT2D eigenvalue weighted by Gasteiger charge is -2.48. The van der Waals surface area contributed by atoms with E-state index in [-0.39, 0.29) is 22.9 Å². The van der Waals surface area contributed by atoms with E-state index in [1.807, 2.05) is 36.4 Å². The molecule has 1 aromatic heterocycles. The molecule has 27 heavy (non-hydrogen) atoms. The van der Waals surface area contributed by atoms with Crippen LogP contribution >= 0.6 is 0 Å². The quantitative estimate of drug-likeness (QED) is 0.638. The number of ether oxygens (including phenoxy) is 1. The Morgan fingerprint density at radius 2 is 1.96 bits per heavy atom. The van der Waals surface area contributed by atoms with Crippen LogP contribution in [-0.2, 0) is 10.2 Å². The van der Waals surface area contributed by atoms with Gasteiger partial charge in [-0.3, -0.25) is 4.98 Å². The summed E-state index contributed by atoms with van der Waals surface area (Å²) in [5.74, 6) is -0.214. The molecule has 4 heteroatoms. The summed E-state index contributed by atoms with van der Waals surface area (Å²) in [5.41, 5.74) is 4.03. The van der Waals surface area contributed by atoms with Crippen LogP contribution in [0.5, 0.6) is 0 Å². The van der Waals surface area contributed by atoms with Gasteiger partial charge in [0.05, 0.1) is 17.2 Å². The summed E-state index contributed by atoms with van der Waals surface area (Å²) in [4.78, 5) is 4.42. The molecule has 2 aliphatic heterocycles. The molecule has 2 aliphatic rings. The Morgan fingerprint density at radius 3 is 2.81 bits per heavy atom. The molecular weight excluding hydrogens is 339 g/mol. The summed E-state index contributed by atoms with van der Waals surface area (Å²) < 4.78 is 21.3. The minimum absolute atomic E-state index is 0.0602. The molecule has 3 aromatic rings. The van der Waals surface area contributed by atoms with E-state index >= 15 is 4.39 Å². The highest BCUT2D eigenvalue weighted by Gasteiger charge is 2.53. The van der Waals surface area contributed by atoms with Crippen molar-refractivity contribution >= 4 is 16.6 Å². The molecule has 3 heterocycles. The summed E-state index contributed by atoms with van der Waals surface area (Å²) in [7, 11) is 0. The molecular formula is C23H23FN2O. The minimum Gasteiger partial charge on any atom is -0.377 e. The Kier molecular flexibility index (Phi) is 3.41. The topological polar surface area (TPSA) is 34.2 Å².